The van der Waals surface area contributed by atoms with E-state index in [9.17, 15) is 19.2 Å². The van der Waals surface area contributed by atoms with Crippen molar-refractivity contribution in [1.29, 1.82) is 0 Å². The van der Waals surface area contributed by atoms with Gasteiger partial charge in [-0.25, -0.2) is 33.5 Å². The predicted molar refractivity (Wildman–Crippen MR) is 113 cm³/mol. The molecule has 2 aromatic rings. The highest BCUT2D eigenvalue weighted by Gasteiger charge is 2.26. The Bertz CT molecular complexity index is 959. The topological polar surface area (TPSA) is 194 Å². The van der Waals surface area contributed by atoms with Gasteiger partial charge in [0.2, 0.25) is 11.8 Å². The van der Waals surface area contributed by atoms with Gasteiger partial charge in [0.05, 0.1) is 36.6 Å². The number of nitrogens with zero attached hydrogens (tertiary/aromatic N) is 5. The van der Waals surface area contributed by atoms with Gasteiger partial charge in [-0.2, -0.15) is 0 Å². The number of ether oxygens (including phenoxy) is 2. The van der Waals surface area contributed by atoms with Gasteiger partial charge in [0.1, 0.15) is 4.60 Å². The van der Waals surface area contributed by atoms with Gasteiger partial charge in [0.25, 0.3) is 0 Å². The Hall–Kier alpha value is -3.20. The molecule has 1 aliphatic heterocycles. The first kappa shape index (κ1) is 25.8. The minimum Gasteiger partial charge on any atom is -0.464 e. The molecule has 0 radical (unpaired) electrons. The molecular formula is C16H17Br2N7O6. The molecule has 4 N–H and O–H groups in total. The fourth-order valence-electron chi connectivity index (χ4n) is 1.78. The number of amides is 2. The Balaban J connectivity index is 0.000000237. The highest BCUT2D eigenvalue weighted by atomic mass is 79.9. The second-order valence-electron chi connectivity index (χ2n) is 5.27. The first-order chi connectivity index (χ1) is 14.6. The first-order valence-electron chi connectivity index (χ1n) is 8.15. The van der Waals surface area contributed by atoms with Crippen molar-refractivity contribution in [1.82, 2.24) is 23.9 Å². The van der Waals surface area contributed by atoms with Crippen LogP contribution < -0.4 is 11.5 Å². The van der Waals surface area contributed by atoms with Crippen molar-refractivity contribution in [3.05, 3.63) is 34.6 Å². The van der Waals surface area contributed by atoms with Crippen LogP contribution >= 0.6 is 32.1 Å². The molecule has 1 aliphatic rings. The summed E-state index contributed by atoms with van der Waals surface area (Å²) in [4.78, 5) is 57.5. The van der Waals surface area contributed by atoms with Crippen LogP contribution in [0.15, 0.2) is 23.2 Å². The molecule has 3 rings (SSSR count). The number of carbonyl (C=O) groups is 4. The van der Waals surface area contributed by atoms with E-state index in [1.165, 1.54) is 32.8 Å². The number of methoxy groups -OCH3 is 2. The maximum Gasteiger partial charge on any atom is 0.360 e. The minimum atomic E-state index is -0.596. The number of nitrogens with two attached hydrogens (primary N) is 2. The summed E-state index contributed by atoms with van der Waals surface area (Å²) in [6.07, 6.45) is 4.89. The number of nitrogen functional groups attached to an aromatic ring is 2. The number of hydrogen-bond donors (Lipinski definition) is 2. The van der Waals surface area contributed by atoms with Gasteiger partial charge >= 0.3 is 11.9 Å². The molecule has 3 heterocycles. The average Bonchev–Trinajstić information content (AvgIpc) is 3.06. The predicted octanol–water partition coefficient (Wildman–Crippen LogP) is 0.899. The van der Waals surface area contributed by atoms with E-state index < -0.39 is 11.9 Å². The van der Waals surface area contributed by atoms with E-state index in [4.69, 9.17) is 11.5 Å². The van der Waals surface area contributed by atoms with Gasteiger partial charge in [0, 0.05) is 25.2 Å². The molecule has 0 spiro atoms. The van der Waals surface area contributed by atoms with Crippen molar-refractivity contribution in [2.75, 3.05) is 25.7 Å². The third-order valence-corrected chi connectivity index (χ3v) is 4.42. The van der Waals surface area contributed by atoms with Gasteiger partial charge in [-0.15, -0.1) is 0 Å². The third-order valence-electron chi connectivity index (χ3n) is 3.25. The standard InChI is InChI=1S/C6H6BrN3O2.C6H7N3O2.C4H4BrNO2/c1-12-6(11)4-5(8)9-2-3(7)10-4;1-11-6(10)4-5(7)9-3-2-8-4;5-6-3(7)1-2-4(6)8/h2H,1H3,(H2,8,9);2-3H,1H3,(H2,7,9);1-2H2. The van der Waals surface area contributed by atoms with Gasteiger partial charge in [-0.05, 0) is 15.9 Å². The van der Waals surface area contributed by atoms with Crippen LogP contribution in [-0.2, 0) is 19.1 Å². The summed E-state index contributed by atoms with van der Waals surface area (Å²) in [7, 11) is 2.51. The van der Waals surface area contributed by atoms with Gasteiger partial charge in [0.15, 0.2) is 23.0 Å². The quantitative estimate of drug-likeness (QED) is 0.298. The van der Waals surface area contributed by atoms with Gasteiger partial charge in [-0.1, -0.05) is 0 Å². The summed E-state index contributed by atoms with van der Waals surface area (Å²) in [5, 5.41) is 0. The molecule has 0 aliphatic carbocycles. The summed E-state index contributed by atoms with van der Waals surface area (Å²) < 4.78 is 10.2. The van der Waals surface area contributed by atoms with Crippen molar-refractivity contribution in [2.24, 2.45) is 0 Å². The van der Waals surface area contributed by atoms with Gasteiger partial charge < -0.3 is 20.9 Å². The van der Waals surface area contributed by atoms with Crippen LogP contribution in [0, 0.1) is 0 Å². The third kappa shape index (κ3) is 7.86. The molecule has 31 heavy (non-hydrogen) atoms. The summed E-state index contributed by atoms with van der Waals surface area (Å²) in [6, 6.07) is 0. The van der Waals surface area contributed by atoms with Crippen LogP contribution in [0.3, 0.4) is 0 Å². The van der Waals surface area contributed by atoms with Gasteiger partial charge in [-0.3, -0.25) is 9.59 Å². The summed E-state index contributed by atoms with van der Waals surface area (Å²) in [5.74, 6) is -1.31. The zero-order valence-electron chi connectivity index (χ0n) is 16.2. The van der Waals surface area contributed by atoms with Crippen molar-refractivity contribution in [3.63, 3.8) is 0 Å². The zero-order valence-corrected chi connectivity index (χ0v) is 19.4. The molecule has 0 unspecified atom stereocenters. The van der Waals surface area contributed by atoms with Crippen molar-refractivity contribution in [3.8, 4) is 0 Å². The smallest absolute Gasteiger partial charge is 0.360 e. The lowest BCUT2D eigenvalue weighted by Gasteiger charge is -2.00. The monoisotopic (exact) mass is 561 g/mol. The highest BCUT2D eigenvalue weighted by Crippen LogP contribution is 2.14. The van der Waals surface area contributed by atoms with E-state index >= 15 is 0 Å². The fraction of sp³-hybridized carbons (Fsp3) is 0.250. The number of imide groups is 1. The van der Waals surface area contributed by atoms with Crippen LogP contribution in [-0.4, -0.2) is 61.8 Å². The van der Waals surface area contributed by atoms with Crippen LogP contribution in [0.1, 0.15) is 33.8 Å². The second-order valence-corrected chi connectivity index (χ2v) is 6.79. The van der Waals surface area contributed by atoms with Crippen LogP contribution in [0.4, 0.5) is 11.6 Å². The Morgan fingerprint density at radius 1 is 0.935 bits per heavy atom. The normalized spacial score (nSPS) is 12.2. The lowest BCUT2D eigenvalue weighted by molar-refractivity contribution is -0.131. The highest BCUT2D eigenvalue weighted by molar-refractivity contribution is 9.10. The summed E-state index contributed by atoms with van der Waals surface area (Å²) in [6.45, 7) is 0. The summed E-state index contributed by atoms with van der Waals surface area (Å²) in [5.41, 5.74) is 10.8. The van der Waals surface area contributed by atoms with Crippen LogP contribution in [0.2, 0.25) is 0 Å². The molecule has 0 aromatic carbocycles. The molecule has 2 aromatic heterocycles. The molecule has 0 bridgehead atoms. The molecule has 0 atom stereocenters. The minimum absolute atomic E-state index is 0.0203. The lowest BCUT2D eigenvalue weighted by Crippen LogP contribution is -2.16. The van der Waals surface area contributed by atoms with E-state index in [-0.39, 0.29) is 34.8 Å². The number of carbonyl (C=O) groups excluding carboxylic acids is 4. The molecule has 0 saturated carbocycles. The number of rotatable bonds is 2. The maximum atomic E-state index is 11.0. The zero-order chi connectivity index (χ0) is 23.6. The van der Waals surface area contributed by atoms with E-state index in [1.54, 1.807) is 0 Å². The van der Waals surface area contributed by atoms with Crippen molar-refractivity contribution < 1.29 is 28.7 Å². The van der Waals surface area contributed by atoms with E-state index in [2.05, 4.69) is 61.5 Å². The Kier molecular flexibility index (Phi) is 10.4. The average molecular weight is 563 g/mol. The maximum absolute atomic E-state index is 11.0. The van der Waals surface area contributed by atoms with E-state index in [0.717, 1.165) is 3.93 Å². The molecule has 1 saturated heterocycles. The molecule has 2 amide bonds. The molecular weight excluding hydrogens is 546 g/mol. The van der Waals surface area contributed by atoms with Crippen LogP contribution in [0.5, 0.6) is 0 Å². The van der Waals surface area contributed by atoms with E-state index in [0.29, 0.717) is 17.4 Å². The van der Waals surface area contributed by atoms with Crippen molar-refractivity contribution in [2.45, 2.75) is 12.8 Å². The number of esters is 2. The van der Waals surface area contributed by atoms with E-state index in [1.807, 2.05) is 0 Å². The molecule has 13 nitrogen and oxygen atoms in total. The number of anilines is 2. The molecule has 1 fully saturated rings. The first-order valence-corrected chi connectivity index (χ1v) is 9.65. The lowest BCUT2D eigenvalue weighted by atomic mass is 10.4. The Morgan fingerprint density at radius 3 is 1.87 bits per heavy atom. The molecule has 15 heteroatoms. The fourth-order valence-corrected chi connectivity index (χ4v) is 2.41. The second kappa shape index (κ2) is 12.5. The SMILES string of the molecule is COC(=O)c1nc(Br)cnc1N.COC(=O)c1nccnc1N.O=C1CCC(=O)N1Br. The van der Waals surface area contributed by atoms with Crippen LogP contribution in [0.25, 0.3) is 0 Å². The van der Waals surface area contributed by atoms with Crippen molar-refractivity contribution >= 4 is 67.5 Å². The summed E-state index contributed by atoms with van der Waals surface area (Å²) >= 11 is 5.86. The molecule has 166 valence electrons. The number of hydrogen-bond acceptors (Lipinski definition) is 12. The number of halogens is 2. The Morgan fingerprint density at radius 2 is 1.42 bits per heavy atom. The Labute approximate surface area is 193 Å². The largest absolute Gasteiger partial charge is 0.464 e. The number of aromatic nitrogens is 4.